The maximum absolute atomic E-state index is 13.3. The van der Waals surface area contributed by atoms with Crippen LogP contribution < -0.4 is 10.2 Å². The van der Waals surface area contributed by atoms with Crippen molar-refractivity contribution in [2.24, 2.45) is 0 Å². The van der Waals surface area contributed by atoms with Crippen LogP contribution in [-0.2, 0) is 0 Å². The first-order valence-electron chi connectivity index (χ1n) is 11.1. The summed E-state index contributed by atoms with van der Waals surface area (Å²) < 4.78 is 0. The molecule has 2 saturated heterocycles. The quantitative estimate of drug-likeness (QED) is 0.833. The topological polar surface area (TPSA) is 52.7 Å². The average Bonchev–Trinajstić information content (AvgIpc) is 2.80. The van der Waals surface area contributed by atoms with Crippen molar-refractivity contribution >= 4 is 17.5 Å². The highest BCUT2D eigenvalue weighted by molar-refractivity contribution is 6.00. The first-order valence-corrected chi connectivity index (χ1v) is 11.1. The van der Waals surface area contributed by atoms with Crippen molar-refractivity contribution in [3.05, 3.63) is 65.7 Å². The first-order chi connectivity index (χ1) is 14.6. The fourth-order valence-electron chi connectivity index (χ4n) is 4.61. The predicted molar refractivity (Wildman–Crippen MR) is 120 cm³/mol. The molecule has 1 N–H and O–H groups in total. The minimum atomic E-state index is -0.0104. The molecule has 0 saturated carbocycles. The number of likely N-dealkylation sites (tertiary alicyclic amines) is 1. The van der Waals surface area contributed by atoms with Gasteiger partial charge in [0, 0.05) is 43.0 Å². The normalized spacial score (nSPS) is 20.1. The molecule has 0 radical (unpaired) electrons. The van der Waals surface area contributed by atoms with Gasteiger partial charge in [0.25, 0.3) is 11.8 Å². The number of rotatable bonds is 4. The van der Waals surface area contributed by atoms with Crippen molar-refractivity contribution in [1.29, 1.82) is 0 Å². The van der Waals surface area contributed by atoms with E-state index in [9.17, 15) is 9.59 Å². The maximum atomic E-state index is 13.3. The Morgan fingerprint density at radius 1 is 0.867 bits per heavy atom. The number of nitrogens with zero attached hydrogens (tertiary/aromatic N) is 2. The van der Waals surface area contributed by atoms with E-state index in [1.54, 1.807) is 0 Å². The molecule has 1 atom stereocenters. The number of para-hydroxylation sites is 1. The number of piperidine rings is 2. The molecule has 2 aliphatic heterocycles. The van der Waals surface area contributed by atoms with Crippen LogP contribution in [0.5, 0.6) is 0 Å². The summed E-state index contributed by atoms with van der Waals surface area (Å²) in [5, 5.41) is 3.16. The molecule has 2 fully saturated rings. The molecule has 0 bridgehead atoms. The molecule has 0 unspecified atom stereocenters. The second-order valence-electron chi connectivity index (χ2n) is 8.46. The van der Waals surface area contributed by atoms with Gasteiger partial charge in [0.05, 0.1) is 5.56 Å². The van der Waals surface area contributed by atoms with Crippen LogP contribution >= 0.6 is 0 Å². The molecule has 0 aromatic heterocycles. The number of carbonyl (C=O) groups is 2. The lowest BCUT2D eigenvalue weighted by Gasteiger charge is -2.37. The number of benzene rings is 2. The van der Waals surface area contributed by atoms with Gasteiger partial charge >= 0.3 is 0 Å². The smallest absolute Gasteiger partial charge is 0.256 e. The zero-order valence-corrected chi connectivity index (χ0v) is 17.7. The third kappa shape index (κ3) is 4.50. The summed E-state index contributed by atoms with van der Waals surface area (Å²) in [4.78, 5) is 30.1. The zero-order chi connectivity index (χ0) is 20.9. The number of hydrogen-bond acceptors (Lipinski definition) is 3. The summed E-state index contributed by atoms with van der Waals surface area (Å²) in [5.74, 6) is 0.140. The summed E-state index contributed by atoms with van der Waals surface area (Å²) in [6.07, 6.45) is 5.13. The van der Waals surface area contributed by atoms with Crippen LogP contribution in [0.2, 0.25) is 0 Å². The van der Waals surface area contributed by atoms with Gasteiger partial charge < -0.3 is 15.1 Å². The number of amides is 2. The second-order valence-corrected chi connectivity index (χ2v) is 8.46. The van der Waals surface area contributed by atoms with Gasteiger partial charge in [-0.1, -0.05) is 30.3 Å². The summed E-state index contributed by atoms with van der Waals surface area (Å²) in [6.45, 7) is 4.67. The van der Waals surface area contributed by atoms with Crippen molar-refractivity contribution in [3.63, 3.8) is 0 Å². The van der Waals surface area contributed by atoms with Gasteiger partial charge in [-0.2, -0.15) is 0 Å². The van der Waals surface area contributed by atoms with Gasteiger partial charge in [0.15, 0.2) is 0 Å². The Labute approximate surface area is 179 Å². The van der Waals surface area contributed by atoms with E-state index in [0.29, 0.717) is 11.6 Å². The molecular formula is C25H31N3O2. The Morgan fingerprint density at radius 3 is 2.30 bits per heavy atom. The maximum Gasteiger partial charge on any atom is 0.256 e. The molecule has 5 heteroatoms. The lowest BCUT2D eigenvalue weighted by Crippen LogP contribution is -2.46. The lowest BCUT2D eigenvalue weighted by atomic mass is 9.99. The second kappa shape index (κ2) is 9.33. The lowest BCUT2D eigenvalue weighted by molar-refractivity contribution is 0.0636. The minimum absolute atomic E-state index is 0.0104. The molecule has 2 aliphatic rings. The molecule has 4 rings (SSSR count). The van der Waals surface area contributed by atoms with E-state index in [1.165, 1.54) is 6.42 Å². The summed E-state index contributed by atoms with van der Waals surface area (Å²) in [5.41, 5.74) is 2.53. The van der Waals surface area contributed by atoms with Crippen molar-refractivity contribution in [3.8, 4) is 0 Å². The number of anilines is 1. The van der Waals surface area contributed by atoms with Gasteiger partial charge in [0.2, 0.25) is 0 Å². The van der Waals surface area contributed by atoms with Crippen LogP contribution in [0.4, 0.5) is 5.69 Å². The average molecular weight is 406 g/mol. The van der Waals surface area contributed by atoms with Crippen molar-refractivity contribution < 1.29 is 9.59 Å². The third-order valence-electron chi connectivity index (χ3n) is 6.41. The predicted octanol–water partition coefficient (Wildman–Crippen LogP) is 4.10. The van der Waals surface area contributed by atoms with Gasteiger partial charge in [-0.3, -0.25) is 9.59 Å². The first kappa shape index (κ1) is 20.5. The van der Waals surface area contributed by atoms with E-state index in [4.69, 9.17) is 0 Å². The highest BCUT2D eigenvalue weighted by Crippen LogP contribution is 2.28. The molecule has 5 nitrogen and oxygen atoms in total. The highest BCUT2D eigenvalue weighted by Gasteiger charge is 2.28. The Hall–Kier alpha value is -2.82. The Morgan fingerprint density at radius 2 is 1.57 bits per heavy atom. The summed E-state index contributed by atoms with van der Waals surface area (Å²) >= 11 is 0. The molecule has 158 valence electrons. The van der Waals surface area contributed by atoms with Crippen molar-refractivity contribution in [2.75, 3.05) is 24.5 Å². The van der Waals surface area contributed by atoms with Crippen molar-refractivity contribution in [1.82, 2.24) is 10.2 Å². The molecule has 2 amide bonds. The molecule has 2 aromatic rings. The Kier molecular flexibility index (Phi) is 6.36. The van der Waals surface area contributed by atoms with Crippen LogP contribution in [0.1, 0.15) is 59.7 Å². The highest BCUT2D eigenvalue weighted by atomic mass is 16.2. The van der Waals surface area contributed by atoms with Crippen LogP contribution in [0.3, 0.4) is 0 Å². The molecule has 2 heterocycles. The third-order valence-corrected chi connectivity index (χ3v) is 6.41. The van der Waals surface area contributed by atoms with Gasteiger partial charge in [0.1, 0.15) is 0 Å². The SMILES string of the molecule is C[C@@H]1CCCCN1C(=O)c1ccccc1N1CCC(NC(=O)c2ccccc2)CC1. The summed E-state index contributed by atoms with van der Waals surface area (Å²) in [7, 11) is 0. The van der Waals surface area contributed by atoms with E-state index in [2.05, 4.69) is 23.2 Å². The van der Waals surface area contributed by atoms with Crippen LogP contribution in [0, 0.1) is 0 Å². The molecular weight excluding hydrogens is 374 g/mol. The molecule has 0 spiro atoms. The van der Waals surface area contributed by atoms with E-state index in [0.717, 1.165) is 56.6 Å². The standard InChI is InChI=1S/C25H31N3O2/c1-19-9-7-8-16-28(19)25(30)22-12-5-6-13-23(22)27-17-14-21(15-18-27)26-24(29)20-10-3-2-4-11-20/h2-6,10-13,19,21H,7-9,14-18H2,1H3,(H,26,29)/t19-/m1/s1. The van der Waals surface area contributed by atoms with Gasteiger partial charge in [-0.25, -0.2) is 0 Å². The van der Waals surface area contributed by atoms with Gasteiger partial charge in [-0.05, 0) is 63.3 Å². The van der Waals surface area contributed by atoms with E-state index < -0.39 is 0 Å². The van der Waals surface area contributed by atoms with Crippen LogP contribution in [-0.4, -0.2) is 48.4 Å². The number of hydrogen-bond donors (Lipinski definition) is 1. The monoisotopic (exact) mass is 405 g/mol. The Balaban J connectivity index is 1.40. The van der Waals surface area contributed by atoms with E-state index in [1.807, 2.05) is 53.4 Å². The zero-order valence-electron chi connectivity index (χ0n) is 17.7. The van der Waals surface area contributed by atoms with E-state index >= 15 is 0 Å². The minimum Gasteiger partial charge on any atom is -0.371 e. The van der Waals surface area contributed by atoms with Crippen LogP contribution in [0.15, 0.2) is 54.6 Å². The molecule has 2 aromatic carbocycles. The van der Waals surface area contributed by atoms with Crippen molar-refractivity contribution in [2.45, 2.75) is 51.1 Å². The number of nitrogens with one attached hydrogen (secondary N) is 1. The van der Waals surface area contributed by atoms with Gasteiger partial charge in [-0.15, -0.1) is 0 Å². The van der Waals surface area contributed by atoms with Crippen LogP contribution in [0.25, 0.3) is 0 Å². The fraction of sp³-hybridized carbons (Fsp3) is 0.440. The largest absolute Gasteiger partial charge is 0.371 e. The Bertz CT molecular complexity index is 875. The summed E-state index contributed by atoms with van der Waals surface area (Å²) in [6, 6.07) is 17.8. The molecule has 0 aliphatic carbocycles. The molecule has 30 heavy (non-hydrogen) atoms. The fourth-order valence-corrected chi connectivity index (χ4v) is 4.61. The number of carbonyl (C=O) groups excluding carboxylic acids is 2. The van der Waals surface area contributed by atoms with E-state index in [-0.39, 0.29) is 17.9 Å².